The summed E-state index contributed by atoms with van der Waals surface area (Å²) in [5.41, 5.74) is -6.84. The first kappa shape index (κ1) is 24.3. The van der Waals surface area contributed by atoms with Gasteiger partial charge in [-0.15, -0.1) is 13.2 Å². The van der Waals surface area contributed by atoms with E-state index in [1.54, 1.807) is 0 Å². The Kier molecular flexibility index (Phi) is 5.60. The third-order valence-corrected chi connectivity index (χ3v) is 7.72. The lowest BCUT2D eigenvalue weighted by molar-refractivity contribution is -0.137. The van der Waals surface area contributed by atoms with Crippen LogP contribution in [0.3, 0.4) is 0 Å². The molecule has 0 amide bonds. The van der Waals surface area contributed by atoms with Crippen LogP contribution in [-0.4, -0.2) is 48.2 Å². The first-order valence-electron chi connectivity index (χ1n) is 9.28. The number of nitrogens with zero attached hydrogens (tertiary/aromatic N) is 5. The largest absolute Gasteiger partial charge is 0.604 e. The summed E-state index contributed by atoms with van der Waals surface area (Å²) in [6.07, 6.45) is -3.03. The van der Waals surface area contributed by atoms with Crippen molar-refractivity contribution in [2.24, 2.45) is 7.05 Å². The van der Waals surface area contributed by atoms with Crippen LogP contribution < -0.4 is 0 Å². The molecule has 4 aromatic heterocycles. The van der Waals surface area contributed by atoms with Gasteiger partial charge in [-0.2, -0.15) is 13.2 Å². The monoisotopic (exact) mass is 525 g/mol. The predicted molar refractivity (Wildman–Crippen MR) is 108 cm³/mol. The zero-order chi connectivity index (χ0) is 25.2. The van der Waals surface area contributed by atoms with Crippen LogP contribution in [0.4, 0.5) is 26.3 Å². The van der Waals surface area contributed by atoms with Crippen molar-refractivity contribution in [1.82, 2.24) is 23.9 Å². The second kappa shape index (κ2) is 7.84. The van der Waals surface area contributed by atoms with Gasteiger partial charge in [0, 0.05) is 19.3 Å². The molecule has 0 saturated carbocycles. The number of pyridine rings is 2. The van der Waals surface area contributed by atoms with E-state index in [9.17, 15) is 39.3 Å². The number of alkyl halides is 6. The highest BCUT2D eigenvalue weighted by Gasteiger charge is 2.46. The molecule has 0 N–H and O–H groups in total. The fraction of sp³-hybridized carbons (Fsp3) is 0.278. The molecule has 4 rings (SSSR count). The zero-order valence-corrected chi connectivity index (χ0v) is 18.8. The summed E-state index contributed by atoms with van der Waals surface area (Å²) in [5.74, 6) is -0.576. The minimum atomic E-state index is -5.03. The molecule has 34 heavy (non-hydrogen) atoms. The molecule has 1 atom stereocenters. The van der Waals surface area contributed by atoms with E-state index in [1.165, 1.54) is 18.5 Å². The molecular formula is C18H13F6N5O3S2. The molecule has 4 heterocycles. The lowest BCUT2D eigenvalue weighted by atomic mass is 10.2. The normalized spacial score (nSPS) is 14.3. The molecule has 0 radical (unpaired) electrons. The Hall–Kier alpha value is -2.85. The van der Waals surface area contributed by atoms with Gasteiger partial charge < -0.3 is 9.12 Å². The molecule has 182 valence electrons. The lowest BCUT2D eigenvalue weighted by Crippen LogP contribution is -2.23. The van der Waals surface area contributed by atoms with Crippen molar-refractivity contribution in [1.29, 1.82) is 0 Å². The smallest absolute Gasteiger partial charge is 0.578 e. The SMILES string of the molecule is CCS(=O)(=O)c1c(-c2nc3cc([S+]([O-])C(F)(F)F)cnc3n2C)nc2cc(C(F)(F)F)ccn12. The van der Waals surface area contributed by atoms with Crippen molar-refractivity contribution in [3.8, 4) is 11.5 Å². The van der Waals surface area contributed by atoms with Crippen molar-refractivity contribution in [3.05, 3.63) is 36.2 Å². The Bertz CT molecular complexity index is 1530. The van der Waals surface area contributed by atoms with Crippen LogP contribution in [0, 0.1) is 0 Å². The number of rotatable bonds is 4. The van der Waals surface area contributed by atoms with E-state index >= 15 is 0 Å². The summed E-state index contributed by atoms with van der Waals surface area (Å²) < 4.78 is 117. The van der Waals surface area contributed by atoms with E-state index < -0.39 is 53.9 Å². The van der Waals surface area contributed by atoms with Crippen LogP contribution >= 0.6 is 0 Å². The third kappa shape index (κ3) is 3.98. The van der Waals surface area contributed by atoms with Gasteiger partial charge in [0.15, 0.2) is 31.2 Å². The number of sulfone groups is 1. The van der Waals surface area contributed by atoms with E-state index in [4.69, 9.17) is 0 Å². The van der Waals surface area contributed by atoms with Gasteiger partial charge in [0.05, 0.1) is 17.5 Å². The van der Waals surface area contributed by atoms with Gasteiger partial charge in [0.25, 0.3) is 0 Å². The predicted octanol–water partition coefficient (Wildman–Crippen LogP) is 3.72. The Morgan fingerprint density at radius 1 is 1.12 bits per heavy atom. The van der Waals surface area contributed by atoms with Crippen LogP contribution in [0.1, 0.15) is 12.5 Å². The second-order valence-corrected chi connectivity index (χ2v) is 10.7. The number of aromatic nitrogens is 5. The fourth-order valence-electron chi connectivity index (χ4n) is 3.28. The Labute approximate surface area is 190 Å². The number of fused-ring (bicyclic) bond motifs is 2. The standard InChI is InChI=1S/C18H13F6N5O3S2/c1-3-34(31,32)16-13(27-12-6-9(17(19,20)21)4-5-29(12)16)15-26-11-7-10(33(30)18(22,23)24)8-25-14(11)28(15)2/h4-8H,3H2,1-2H3. The first-order valence-corrected chi connectivity index (χ1v) is 12.1. The summed E-state index contributed by atoms with van der Waals surface area (Å²) >= 11 is -3.38. The van der Waals surface area contributed by atoms with E-state index in [2.05, 4.69) is 15.0 Å². The van der Waals surface area contributed by atoms with Crippen LogP contribution in [0.25, 0.3) is 28.3 Å². The molecule has 0 aliphatic carbocycles. The number of hydrogen-bond donors (Lipinski definition) is 0. The number of aryl methyl sites for hydroxylation is 1. The highest BCUT2D eigenvalue weighted by Crippen LogP contribution is 2.35. The van der Waals surface area contributed by atoms with Crippen molar-refractivity contribution in [3.63, 3.8) is 0 Å². The fourth-order valence-corrected chi connectivity index (χ4v) is 5.08. The van der Waals surface area contributed by atoms with Gasteiger partial charge in [-0.1, -0.05) is 6.92 Å². The quantitative estimate of drug-likeness (QED) is 0.297. The molecule has 0 aliphatic rings. The highest BCUT2D eigenvalue weighted by atomic mass is 32.2. The summed E-state index contributed by atoms with van der Waals surface area (Å²) in [4.78, 5) is 11.4. The summed E-state index contributed by atoms with van der Waals surface area (Å²) in [6, 6.07) is 2.26. The van der Waals surface area contributed by atoms with Crippen LogP contribution in [0.15, 0.2) is 40.5 Å². The molecule has 0 saturated heterocycles. The van der Waals surface area contributed by atoms with Gasteiger partial charge in [-0.05, 0) is 12.1 Å². The Morgan fingerprint density at radius 3 is 2.38 bits per heavy atom. The van der Waals surface area contributed by atoms with Gasteiger partial charge in [-0.25, -0.2) is 23.4 Å². The van der Waals surface area contributed by atoms with Gasteiger partial charge in [0.2, 0.25) is 0 Å². The number of halogens is 6. The molecule has 0 spiro atoms. The maximum absolute atomic E-state index is 13.2. The van der Waals surface area contributed by atoms with E-state index in [0.29, 0.717) is 12.1 Å². The minimum absolute atomic E-state index is 0.0193. The minimum Gasteiger partial charge on any atom is -0.604 e. The molecule has 0 bridgehead atoms. The van der Waals surface area contributed by atoms with E-state index in [0.717, 1.165) is 22.9 Å². The highest BCUT2D eigenvalue weighted by molar-refractivity contribution is 7.92. The molecular weight excluding hydrogens is 512 g/mol. The van der Waals surface area contributed by atoms with Gasteiger partial charge in [-0.3, -0.25) is 4.40 Å². The van der Waals surface area contributed by atoms with Crippen molar-refractivity contribution < 1.29 is 39.3 Å². The molecule has 0 aromatic carbocycles. The Morgan fingerprint density at radius 2 is 1.79 bits per heavy atom. The Balaban J connectivity index is 1.99. The molecule has 1 unspecified atom stereocenters. The molecule has 16 heteroatoms. The average molecular weight is 525 g/mol. The number of hydrogen-bond acceptors (Lipinski definition) is 6. The maximum Gasteiger partial charge on any atom is 0.578 e. The summed E-state index contributed by atoms with van der Waals surface area (Å²) in [7, 11) is -2.68. The average Bonchev–Trinajstić information content (AvgIpc) is 3.29. The van der Waals surface area contributed by atoms with E-state index in [1.807, 2.05) is 0 Å². The number of imidazole rings is 2. The van der Waals surface area contributed by atoms with Gasteiger partial charge >= 0.3 is 11.7 Å². The molecule has 0 fully saturated rings. The van der Waals surface area contributed by atoms with Gasteiger partial charge in [0.1, 0.15) is 28.0 Å². The molecule has 8 nitrogen and oxygen atoms in total. The molecule has 0 aliphatic heterocycles. The summed E-state index contributed by atoms with van der Waals surface area (Å²) in [6.45, 7) is 1.33. The van der Waals surface area contributed by atoms with Crippen LogP contribution in [0.5, 0.6) is 0 Å². The second-order valence-electron chi connectivity index (χ2n) is 7.03. The van der Waals surface area contributed by atoms with Crippen LogP contribution in [-0.2, 0) is 34.2 Å². The lowest BCUT2D eigenvalue weighted by Gasteiger charge is -2.11. The maximum atomic E-state index is 13.2. The van der Waals surface area contributed by atoms with Crippen molar-refractivity contribution in [2.75, 3.05) is 5.75 Å². The third-order valence-electron chi connectivity index (χ3n) is 4.90. The van der Waals surface area contributed by atoms with Crippen LogP contribution in [0.2, 0.25) is 0 Å². The topological polar surface area (TPSA) is 105 Å². The first-order chi connectivity index (χ1) is 15.6. The zero-order valence-electron chi connectivity index (χ0n) is 17.1. The van der Waals surface area contributed by atoms with E-state index in [-0.39, 0.29) is 28.3 Å². The van der Waals surface area contributed by atoms with Crippen molar-refractivity contribution in [2.45, 2.75) is 28.5 Å². The summed E-state index contributed by atoms with van der Waals surface area (Å²) in [5, 5.41) is -0.434. The molecule has 4 aromatic rings. The van der Waals surface area contributed by atoms with Crippen molar-refractivity contribution >= 4 is 37.8 Å².